The zero-order chi connectivity index (χ0) is 31.2. The molecule has 1 saturated heterocycles. The fourth-order valence-electron chi connectivity index (χ4n) is 5.61. The SMILES string of the molecule is Cc1cccc2ccnc(N(C(=O)c3c(F)cc(-n4nnc5cccnc54)cc3F)[C@@H]3CCCN(C(=O)OC(C)(C)C)C3)c12. The van der Waals surface area contributed by atoms with Crippen molar-refractivity contribution in [3.63, 3.8) is 0 Å². The van der Waals surface area contributed by atoms with Crippen LogP contribution in [0.4, 0.5) is 19.4 Å². The third kappa shape index (κ3) is 5.43. The second kappa shape index (κ2) is 11.3. The second-order valence-corrected chi connectivity index (χ2v) is 11.8. The van der Waals surface area contributed by atoms with E-state index >= 15 is 8.78 Å². The van der Waals surface area contributed by atoms with Crippen molar-refractivity contribution < 1.29 is 23.1 Å². The first-order chi connectivity index (χ1) is 21.0. The average Bonchev–Trinajstić information content (AvgIpc) is 3.41. The molecule has 0 spiro atoms. The van der Waals surface area contributed by atoms with Gasteiger partial charge in [0.1, 0.15) is 34.1 Å². The summed E-state index contributed by atoms with van der Waals surface area (Å²) in [5.74, 6) is -2.80. The highest BCUT2D eigenvalue weighted by Crippen LogP contribution is 2.34. The number of halogens is 2. The van der Waals surface area contributed by atoms with Crippen LogP contribution in [-0.4, -0.2) is 66.6 Å². The fourth-order valence-corrected chi connectivity index (χ4v) is 5.61. The smallest absolute Gasteiger partial charge is 0.410 e. The number of carbonyl (C=O) groups excluding carboxylic acids is 2. The molecule has 0 bridgehead atoms. The number of hydrogen-bond donors (Lipinski definition) is 0. The van der Waals surface area contributed by atoms with Crippen LogP contribution in [0.1, 0.15) is 49.5 Å². The lowest BCUT2D eigenvalue weighted by Crippen LogP contribution is -2.53. The van der Waals surface area contributed by atoms with Gasteiger partial charge in [0.05, 0.1) is 11.7 Å². The highest BCUT2D eigenvalue weighted by atomic mass is 19.1. The first-order valence-electron chi connectivity index (χ1n) is 14.3. The van der Waals surface area contributed by atoms with Crippen LogP contribution in [0.5, 0.6) is 0 Å². The molecule has 0 radical (unpaired) electrons. The van der Waals surface area contributed by atoms with E-state index in [9.17, 15) is 9.59 Å². The van der Waals surface area contributed by atoms with Crippen LogP contribution in [0.15, 0.2) is 60.9 Å². The van der Waals surface area contributed by atoms with Gasteiger partial charge in [0, 0.05) is 43.0 Å². The summed E-state index contributed by atoms with van der Waals surface area (Å²) >= 11 is 0. The molecule has 5 aromatic rings. The Balaban J connectivity index is 1.45. The van der Waals surface area contributed by atoms with Gasteiger partial charge in [0.15, 0.2) is 5.65 Å². The van der Waals surface area contributed by atoms with Crippen LogP contribution in [0.2, 0.25) is 0 Å². The molecule has 0 unspecified atom stereocenters. The number of rotatable bonds is 4. The topological polar surface area (TPSA) is 106 Å². The van der Waals surface area contributed by atoms with Gasteiger partial charge in [-0.05, 0) is 69.7 Å². The van der Waals surface area contributed by atoms with Crippen LogP contribution in [0, 0.1) is 18.6 Å². The number of aryl methyl sites for hydroxylation is 1. The number of nitrogens with zero attached hydrogens (tertiary/aromatic N) is 7. The van der Waals surface area contributed by atoms with E-state index in [1.807, 2.05) is 31.2 Å². The maximum atomic E-state index is 15.9. The summed E-state index contributed by atoms with van der Waals surface area (Å²) in [5, 5.41) is 9.48. The molecule has 1 aliphatic heterocycles. The molecule has 0 aliphatic carbocycles. The van der Waals surface area contributed by atoms with Gasteiger partial charge in [-0.25, -0.2) is 23.5 Å². The molecular formula is C32H31F2N7O3. The molecule has 1 fully saturated rings. The molecule has 6 rings (SSSR count). The Bertz CT molecular complexity index is 1870. The van der Waals surface area contributed by atoms with E-state index in [4.69, 9.17) is 4.74 Å². The van der Waals surface area contributed by atoms with Gasteiger partial charge in [-0.1, -0.05) is 23.4 Å². The van der Waals surface area contributed by atoms with E-state index in [0.29, 0.717) is 35.9 Å². The number of carbonyl (C=O) groups is 2. The van der Waals surface area contributed by atoms with Crippen molar-refractivity contribution in [3.8, 4) is 5.69 Å². The number of anilines is 1. The molecule has 226 valence electrons. The molecule has 12 heteroatoms. The Morgan fingerprint density at radius 1 is 1.02 bits per heavy atom. The third-order valence-corrected chi connectivity index (χ3v) is 7.53. The number of amides is 2. The number of likely N-dealkylation sites (tertiary alicyclic amines) is 1. The molecule has 1 aliphatic rings. The number of benzene rings is 2. The fraction of sp³-hybridized carbons (Fsp3) is 0.312. The van der Waals surface area contributed by atoms with E-state index in [-0.39, 0.29) is 18.1 Å². The van der Waals surface area contributed by atoms with Gasteiger partial charge in [0.2, 0.25) is 0 Å². The first kappa shape index (κ1) is 29.1. The summed E-state index contributed by atoms with van der Waals surface area (Å²) in [5.41, 5.74) is 0.165. The molecular weight excluding hydrogens is 568 g/mol. The van der Waals surface area contributed by atoms with Gasteiger partial charge in [-0.15, -0.1) is 5.10 Å². The standard InChI is InChI=1S/C32H31F2N7O3/c1-19-8-5-9-20-12-14-36-29(26(19)20)40(21-10-7-15-39(18-21)31(43)44-32(2,3)4)30(42)27-23(33)16-22(17-24(27)34)41-28-25(37-38-41)11-6-13-35-28/h5-6,8-9,11-14,16-17,21H,7,10,15,18H2,1-4H3/t21-/m1/s1. The lowest BCUT2D eigenvalue weighted by molar-refractivity contribution is 0.0195. The van der Waals surface area contributed by atoms with Gasteiger partial charge in [-0.3, -0.25) is 9.69 Å². The van der Waals surface area contributed by atoms with Crippen LogP contribution in [0.3, 0.4) is 0 Å². The van der Waals surface area contributed by atoms with Crippen LogP contribution in [0.25, 0.3) is 27.6 Å². The number of aromatic nitrogens is 5. The number of fused-ring (bicyclic) bond motifs is 2. The predicted molar refractivity (Wildman–Crippen MR) is 161 cm³/mol. The largest absolute Gasteiger partial charge is 0.444 e. The van der Waals surface area contributed by atoms with Crippen LogP contribution >= 0.6 is 0 Å². The Hall–Kier alpha value is -5.00. The molecule has 0 saturated carbocycles. The Labute approximate surface area is 252 Å². The van der Waals surface area contributed by atoms with Crippen molar-refractivity contribution in [2.75, 3.05) is 18.0 Å². The van der Waals surface area contributed by atoms with Crippen molar-refractivity contribution >= 4 is 39.8 Å². The summed E-state index contributed by atoms with van der Waals surface area (Å²) < 4.78 is 38.6. The number of pyridine rings is 2. The molecule has 2 amide bonds. The minimum absolute atomic E-state index is 0.0252. The number of hydrogen-bond acceptors (Lipinski definition) is 7. The maximum Gasteiger partial charge on any atom is 0.410 e. The highest BCUT2D eigenvalue weighted by molar-refractivity contribution is 6.11. The van der Waals surface area contributed by atoms with E-state index < -0.39 is 40.8 Å². The van der Waals surface area contributed by atoms with E-state index in [1.54, 1.807) is 39.1 Å². The van der Waals surface area contributed by atoms with Crippen LogP contribution in [-0.2, 0) is 4.74 Å². The lowest BCUT2D eigenvalue weighted by Gasteiger charge is -2.39. The first-order valence-corrected chi connectivity index (χ1v) is 14.3. The van der Waals surface area contributed by atoms with Gasteiger partial charge in [0.25, 0.3) is 5.91 Å². The van der Waals surface area contributed by atoms with Crippen LogP contribution < -0.4 is 4.90 Å². The van der Waals surface area contributed by atoms with Crippen molar-refractivity contribution in [3.05, 3.63) is 83.7 Å². The molecule has 3 aromatic heterocycles. The van der Waals surface area contributed by atoms with Crippen molar-refractivity contribution in [1.82, 2.24) is 29.9 Å². The quantitative estimate of drug-likeness (QED) is 0.250. The Morgan fingerprint density at radius 3 is 2.55 bits per heavy atom. The number of piperidine rings is 1. The molecule has 4 heterocycles. The third-order valence-electron chi connectivity index (χ3n) is 7.53. The normalized spacial score (nSPS) is 15.5. The molecule has 0 N–H and O–H groups in total. The zero-order valence-electron chi connectivity index (χ0n) is 24.8. The van der Waals surface area contributed by atoms with Gasteiger partial charge < -0.3 is 9.64 Å². The van der Waals surface area contributed by atoms with Crippen molar-refractivity contribution in [1.29, 1.82) is 0 Å². The average molecular weight is 600 g/mol. The lowest BCUT2D eigenvalue weighted by atomic mass is 10.00. The summed E-state index contributed by atoms with van der Waals surface area (Å²) in [4.78, 5) is 39.0. The van der Waals surface area contributed by atoms with E-state index in [0.717, 1.165) is 23.1 Å². The monoisotopic (exact) mass is 599 g/mol. The zero-order valence-corrected chi connectivity index (χ0v) is 24.8. The van der Waals surface area contributed by atoms with Gasteiger partial charge in [-0.2, -0.15) is 4.68 Å². The molecule has 1 atom stereocenters. The Morgan fingerprint density at radius 2 is 1.80 bits per heavy atom. The van der Waals surface area contributed by atoms with Crippen molar-refractivity contribution in [2.45, 2.75) is 52.2 Å². The summed E-state index contributed by atoms with van der Waals surface area (Å²) in [6.45, 7) is 7.74. The minimum atomic E-state index is -1.08. The predicted octanol–water partition coefficient (Wildman–Crippen LogP) is 6.00. The molecule has 10 nitrogen and oxygen atoms in total. The van der Waals surface area contributed by atoms with E-state index in [2.05, 4.69) is 20.3 Å². The summed E-state index contributed by atoms with van der Waals surface area (Å²) in [7, 11) is 0. The Kier molecular flexibility index (Phi) is 7.44. The van der Waals surface area contributed by atoms with Gasteiger partial charge >= 0.3 is 6.09 Å². The summed E-state index contributed by atoms with van der Waals surface area (Å²) in [6, 6.07) is 12.3. The second-order valence-electron chi connectivity index (χ2n) is 11.8. The highest BCUT2D eigenvalue weighted by Gasteiger charge is 2.37. The van der Waals surface area contributed by atoms with E-state index in [1.165, 1.54) is 20.7 Å². The van der Waals surface area contributed by atoms with Crippen molar-refractivity contribution in [2.24, 2.45) is 0 Å². The summed E-state index contributed by atoms with van der Waals surface area (Å²) in [6.07, 6.45) is 3.59. The molecule has 2 aromatic carbocycles. The minimum Gasteiger partial charge on any atom is -0.444 e. The molecule has 44 heavy (non-hydrogen) atoms. The number of ether oxygens (including phenoxy) is 1. The maximum absolute atomic E-state index is 15.9.